The van der Waals surface area contributed by atoms with E-state index in [1.165, 1.54) is 0 Å². The van der Waals surface area contributed by atoms with Crippen molar-refractivity contribution in [3.8, 4) is 6.07 Å². The lowest BCUT2D eigenvalue weighted by Gasteiger charge is -2.10. The number of hydrogen-bond donors (Lipinski definition) is 1. The lowest BCUT2D eigenvalue weighted by molar-refractivity contribution is -0.305. The molecule has 16 heavy (non-hydrogen) atoms. The van der Waals surface area contributed by atoms with Crippen molar-refractivity contribution in [2.24, 2.45) is 0 Å². The van der Waals surface area contributed by atoms with Gasteiger partial charge in [-0.25, -0.2) is 0 Å². The number of carboxylic acid groups (broad SMARTS) is 1. The fourth-order valence-electron chi connectivity index (χ4n) is 1.65. The van der Waals surface area contributed by atoms with Crippen LogP contribution >= 0.6 is 0 Å². The molecule has 0 bridgehead atoms. The lowest BCUT2D eigenvalue weighted by atomic mass is 9.99. The molecule has 1 aromatic heterocycles. The van der Waals surface area contributed by atoms with E-state index < -0.39 is 11.5 Å². The first-order valence-electron chi connectivity index (χ1n) is 4.79. The molecule has 0 aliphatic heterocycles. The standard InChI is InChI=1S/C11H12N2O3/c1-6-8(3-4-10(14)15)7(2)13-11(16)9(6)5-12/h3-4H2,1-2H3,(H,13,16)(H,14,15)/p-1. The molecule has 1 heterocycles. The van der Waals surface area contributed by atoms with Gasteiger partial charge in [0.05, 0.1) is 0 Å². The Balaban J connectivity index is 3.24. The zero-order chi connectivity index (χ0) is 12.3. The molecule has 1 rings (SSSR count). The van der Waals surface area contributed by atoms with Gasteiger partial charge in [0.2, 0.25) is 0 Å². The molecule has 84 valence electrons. The largest absolute Gasteiger partial charge is 0.550 e. The van der Waals surface area contributed by atoms with Gasteiger partial charge >= 0.3 is 0 Å². The minimum atomic E-state index is -1.15. The third-order valence-electron chi connectivity index (χ3n) is 2.50. The van der Waals surface area contributed by atoms with E-state index in [1.807, 2.05) is 6.07 Å². The number of hydrogen-bond acceptors (Lipinski definition) is 4. The van der Waals surface area contributed by atoms with Gasteiger partial charge in [-0.05, 0) is 37.8 Å². The number of rotatable bonds is 3. The van der Waals surface area contributed by atoms with E-state index in [4.69, 9.17) is 5.26 Å². The van der Waals surface area contributed by atoms with E-state index in [0.29, 0.717) is 16.8 Å². The first kappa shape index (κ1) is 12.0. The van der Waals surface area contributed by atoms with Crippen molar-refractivity contribution in [1.82, 2.24) is 4.98 Å². The number of H-pyrrole nitrogens is 1. The number of carboxylic acids is 1. The molecule has 0 atom stereocenters. The van der Waals surface area contributed by atoms with Crippen molar-refractivity contribution in [2.45, 2.75) is 26.7 Å². The van der Waals surface area contributed by atoms with Crippen LogP contribution in [0, 0.1) is 25.2 Å². The SMILES string of the molecule is Cc1[nH]c(=O)c(C#N)c(C)c1CCC(=O)[O-]. The second-order valence-electron chi connectivity index (χ2n) is 3.54. The first-order chi connectivity index (χ1) is 7.47. The highest BCUT2D eigenvalue weighted by Crippen LogP contribution is 2.14. The number of aryl methyl sites for hydroxylation is 1. The molecule has 0 aromatic carbocycles. The van der Waals surface area contributed by atoms with Crippen LogP contribution in [0.2, 0.25) is 0 Å². The summed E-state index contributed by atoms with van der Waals surface area (Å²) in [5, 5.41) is 19.2. The fourth-order valence-corrected chi connectivity index (χ4v) is 1.65. The molecule has 5 nitrogen and oxygen atoms in total. The first-order valence-corrected chi connectivity index (χ1v) is 4.79. The summed E-state index contributed by atoms with van der Waals surface area (Å²) in [5.74, 6) is -1.15. The third-order valence-corrected chi connectivity index (χ3v) is 2.50. The van der Waals surface area contributed by atoms with Crippen LogP contribution in [0.3, 0.4) is 0 Å². The van der Waals surface area contributed by atoms with Crippen molar-refractivity contribution in [2.75, 3.05) is 0 Å². The van der Waals surface area contributed by atoms with Crippen LogP contribution in [0.15, 0.2) is 4.79 Å². The van der Waals surface area contributed by atoms with Gasteiger partial charge < -0.3 is 14.9 Å². The van der Waals surface area contributed by atoms with Crippen LogP contribution in [0.5, 0.6) is 0 Å². The molecule has 0 aliphatic rings. The second kappa shape index (κ2) is 4.62. The number of nitriles is 1. The number of aromatic nitrogens is 1. The second-order valence-corrected chi connectivity index (χ2v) is 3.54. The molecule has 0 unspecified atom stereocenters. The van der Waals surface area contributed by atoms with E-state index >= 15 is 0 Å². The van der Waals surface area contributed by atoms with Crippen molar-refractivity contribution in [3.05, 3.63) is 32.7 Å². The molecule has 1 aromatic rings. The van der Waals surface area contributed by atoms with Crippen molar-refractivity contribution in [3.63, 3.8) is 0 Å². The van der Waals surface area contributed by atoms with Crippen LogP contribution < -0.4 is 10.7 Å². The molecular formula is C11H11N2O3-. The Morgan fingerprint density at radius 3 is 2.62 bits per heavy atom. The van der Waals surface area contributed by atoms with E-state index in [-0.39, 0.29) is 18.4 Å². The average Bonchev–Trinajstić information content (AvgIpc) is 2.16. The van der Waals surface area contributed by atoms with Gasteiger partial charge in [0.15, 0.2) is 0 Å². The maximum Gasteiger partial charge on any atom is 0.266 e. The zero-order valence-corrected chi connectivity index (χ0v) is 9.09. The molecule has 5 heteroatoms. The van der Waals surface area contributed by atoms with Gasteiger partial charge in [-0.3, -0.25) is 4.79 Å². The summed E-state index contributed by atoms with van der Waals surface area (Å²) in [5.41, 5.74) is 1.45. The normalized spacial score (nSPS) is 9.81. The Morgan fingerprint density at radius 1 is 1.50 bits per heavy atom. The Morgan fingerprint density at radius 2 is 2.12 bits per heavy atom. The number of carbonyl (C=O) groups excluding carboxylic acids is 1. The Kier molecular flexibility index (Phi) is 3.46. The van der Waals surface area contributed by atoms with Crippen molar-refractivity contribution < 1.29 is 9.90 Å². The predicted molar refractivity (Wildman–Crippen MR) is 54.6 cm³/mol. The minimum Gasteiger partial charge on any atom is -0.550 e. The highest BCUT2D eigenvalue weighted by Gasteiger charge is 2.11. The van der Waals surface area contributed by atoms with Gasteiger partial charge in [0.25, 0.3) is 5.56 Å². The van der Waals surface area contributed by atoms with Crippen LogP contribution in [0.1, 0.15) is 28.8 Å². The molecule has 0 fully saturated rings. The summed E-state index contributed by atoms with van der Waals surface area (Å²) in [6, 6.07) is 1.81. The molecule has 0 saturated carbocycles. The van der Waals surface area contributed by atoms with Crippen molar-refractivity contribution >= 4 is 5.97 Å². The fraction of sp³-hybridized carbons (Fsp3) is 0.364. The Bertz CT molecular complexity index is 523. The third kappa shape index (κ3) is 2.28. The molecule has 0 radical (unpaired) electrons. The molecule has 0 amide bonds. The summed E-state index contributed by atoms with van der Waals surface area (Å²) in [6.07, 6.45) is 0.129. The topological polar surface area (TPSA) is 96.8 Å². The summed E-state index contributed by atoms with van der Waals surface area (Å²) in [7, 11) is 0. The van der Waals surface area contributed by atoms with Gasteiger partial charge in [0.1, 0.15) is 11.6 Å². The summed E-state index contributed by atoms with van der Waals surface area (Å²) >= 11 is 0. The minimum absolute atomic E-state index is 0.0407. The van der Waals surface area contributed by atoms with E-state index in [0.717, 1.165) is 0 Å². The van der Waals surface area contributed by atoms with Crippen molar-refractivity contribution in [1.29, 1.82) is 5.26 Å². The molecule has 1 N–H and O–H groups in total. The average molecular weight is 219 g/mol. The molecule has 0 spiro atoms. The van der Waals surface area contributed by atoms with Crippen LogP contribution in [-0.4, -0.2) is 11.0 Å². The van der Waals surface area contributed by atoms with Gasteiger partial charge in [-0.2, -0.15) is 5.26 Å². The quantitative estimate of drug-likeness (QED) is 0.744. The Hall–Kier alpha value is -2.09. The highest BCUT2D eigenvalue weighted by atomic mass is 16.4. The zero-order valence-electron chi connectivity index (χ0n) is 9.09. The predicted octanol–water partition coefficient (Wildman–Crippen LogP) is -0.454. The number of pyridine rings is 1. The number of aromatic amines is 1. The van der Waals surface area contributed by atoms with Gasteiger partial charge in [0, 0.05) is 11.7 Å². The molecule has 0 saturated heterocycles. The summed E-state index contributed by atoms with van der Waals surface area (Å²) in [4.78, 5) is 24.3. The number of nitrogens with one attached hydrogen (secondary N) is 1. The van der Waals surface area contributed by atoms with Gasteiger partial charge in [-0.1, -0.05) is 0 Å². The number of aliphatic carboxylic acids is 1. The number of nitrogens with zero attached hydrogens (tertiary/aromatic N) is 1. The van der Waals surface area contributed by atoms with Gasteiger partial charge in [-0.15, -0.1) is 0 Å². The summed E-state index contributed by atoms with van der Waals surface area (Å²) in [6.45, 7) is 3.32. The highest BCUT2D eigenvalue weighted by molar-refractivity contribution is 5.65. The van der Waals surface area contributed by atoms with Crippen LogP contribution in [0.25, 0.3) is 0 Å². The van der Waals surface area contributed by atoms with E-state index in [2.05, 4.69) is 4.98 Å². The summed E-state index contributed by atoms with van der Waals surface area (Å²) < 4.78 is 0. The number of carbonyl (C=O) groups is 1. The van der Waals surface area contributed by atoms with Crippen LogP contribution in [0.4, 0.5) is 0 Å². The molecular weight excluding hydrogens is 208 g/mol. The maximum atomic E-state index is 11.4. The molecule has 0 aliphatic carbocycles. The Labute approximate surface area is 92.4 Å². The maximum absolute atomic E-state index is 11.4. The smallest absolute Gasteiger partial charge is 0.266 e. The van der Waals surface area contributed by atoms with Crippen LogP contribution in [-0.2, 0) is 11.2 Å². The van der Waals surface area contributed by atoms with E-state index in [1.54, 1.807) is 13.8 Å². The monoisotopic (exact) mass is 219 g/mol. The van der Waals surface area contributed by atoms with E-state index in [9.17, 15) is 14.7 Å². The lowest BCUT2D eigenvalue weighted by Crippen LogP contribution is -2.23.